The number of nitrogens with zero attached hydrogens (tertiary/aromatic N) is 3. The van der Waals surface area contributed by atoms with Crippen LogP contribution in [0.2, 0.25) is 0 Å². The summed E-state index contributed by atoms with van der Waals surface area (Å²) in [7, 11) is 0. The van der Waals surface area contributed by atoms with E-state index in [9.17, 15) is 4.39 Å². The Bertz CT molecular complexity index is 1610. The second-order valence-corrected chi connectivity index (χ2v) is 7.60. The van der Waals surface area contributed by atoms with Crippen molar-refractivity contribution in [1.82, 2.24) is 25.1 Å². The molecule has 0 fully saturated rings. The quantitative estimate of drug-likeness (QED) is 0.349. The number of hydrogen-bond acceptors (Lipinski definition) is 4. The Hall–Kier alpha value is -4.52. The predicted octanol–water partition coefficient (Wildman–Crippen LogP) is 5.56. The van der Waals surface area contributed by atoms with Crippen molar-refractivity contribution in [2.24, 2.45) is 0 Å². The minimum atomic E-state index is -0.255. The van der Waals surface area contributed by atoms with E-state index in [0.29, 0.717) is 16.9 Å². The van der Waals surface area contributed by atoms with Crippen molar-refractivity contribution in [2.45, 2.75) is 0 Å². The zero-order chi connectivity index (χ0) is 21.7. The number of anilines is 1. The molecular weight excluding hydrogens is 403 g/mol. The lowest BCUT2D eigenvalue weighted by molar-refractivity contribution is 0.631. The number of nitrogen functional groups attached to an aromatic ring is 1. The first kappa shape index (κ1) is 18.3. The van der Waals surface area contributed by atoms with Crippen LogP contribution in [0.25, 0.3) is 55.7 Å². The van der Waals surface area contributed by atoms with Gasteiger partial charge >= 0.3 is 0 Å². The monoisotopic (exact) mass is 420 g/mol. The van der Waals surface area contributed by atoms with Crippen molar-refractivity contribution in [3.05, 3.63) is 84.9 Å². The molecule has 0 saturated heterocycles. The third-order valence-corrected chi connectivity index (χ3v) is 5.55. The van der Waals surface area contributed by atoms with E-state index in [1.54, 1.807) is 24.5 Å². The van der Waals surface area contributed by atoms with Gasteiger partial charge in [0.1, 0.15) is 17.0 Å². The molecule has 32 heavy (non-hydrogen) atoms. The highest BCUT2D eigenvalue weighted by Gasteiger charge is 2.16. The van der Waals surface area contributed by atoms with Crippen LogP contribution in [0.15, 0.2) is 79.1 Å². The average Bonchev–Trinajstić information content (AvgIpc) is 3.43. The average molecular weight is 420 g/mol. The number of nitrogens with one attached hydrogen (secondary N) is 2. The van der Waals surface area contributed by atoms with Crippen molar-refractivity contribution < 1.29 is 4.39 Å². The normalized spacial score (nSPS) is 11.4. The number of benzene rings is 2. The lowest BCUT2D eigenvalue weighted by Gasteiger charge is -2.04. The van der Waals surface area contributed by atoms with Crippen LogP contribution in [0.1, 0.15) is 0 Å². The summed E-state index contributed by atoms with van der Waals surface area (Å²) in [6.45, 7) is 0. The summed E-state index contributed by atoms with van der Waals surface area (Å²) in [6, 6.07) is 20.3. The van der Waals surface area contributed by atoms with E-state index >= 15 is 0 Å². The lowest BCUT2D eigenvalue weighted by atomic mass is 10.0. The fourth-order valence-electron chi connectivity index (χ4n) is 4.04. The Morgan fingerprint density at radius 1 is 0.844 bits per heavy atom. The minimum Gasteiger partial charge on any atom is -0.397 e. The Balaban J connectivity index is 1.52. The minimum absolute atomic E-state index is 0.255. The molecule has 4 N–H and O–H groups in total. The molecule has 0 radical (unpaired) electrons. The van der Waals surface area contributed by atoms with Gasteiger partial charge in [-0.25, -0.2) is 9.37 Å². The molecule has 0 bridgehead atoms. The van der Waals surface area contributed by atoms with Crippen LogP contribution in [0.5, 0.6) is 0 Å². The smallest absolute Gasteiger partial charge is 0.135 e. The van der Waals surface area contributed by atoms with Crippen molar-refractivity contribution >= 4 is 27.6 Å². The molecule has 6 nitrogen and oxygen atoms in total. The molecule has 0 atom stereocenters. The van der Waals surface area contributed by atoms with Crippen LogP contribution in [0.4, 0.5) is 10.1 Å². The van der Waals surface area contributed by atoms with E-state index in [4.69, 9.17) is 10.7 Å². The zero-order valence-electron chi connectivity index (χ0n) is 16.8. The zero-order valence-corrected chi connectivity index (χ0v) is 16.8. The molecule has 0 aliphatic carbocycles. The first-order valence-corrected chi connectivity index (χ1v) is 10.1. The van der Waals surface area contributed by atoms with Crippen molar-refractivity contribution in [2.75, 3.05) is 5.73 Å². The highest BCUT2D eigenvalue weighted by molar-refractivity contribution is 6.00. The number of aromatic nitrogens is 5. The number of aromatic amines is 2. The van der Waals surface area contributed by atoms with Crippen molar-refractivity contribution in [3.63, 3.8) is 0 Å². The van der Waals surface area contributed by atoms with Crippen molar-refractivity contribution in [3.8, 4) is 33.8 Å². The topological polar surface area (TPSA) is 96.3 Å². The van der Waals surface area contributed by atoms with Gasteiger partial charge in [0.2, 0.25) is 0 Å². The summed E-state index contributed by atoms with van der Waals surface area (Å²) in [6.07, 6.45) is 3.33. The molecule has 7 heteroatoms. The van der Waals surface area contributed by atoms with E-state index in [2.05, 4.69) is 20.2 Å². The van der Waals surface area contributed by atoms with Crippen molar-refractivity contribution in [1.29, 1.82) is 0 Å². The number of halogens is 1. The molecule has 6 rings (SSSR count). The molecule has 0 spiro atoms. The third-order valence-electron chi connectivity index (χ3n) is 5.55. The number of rotatable bonds is 3. The van der Waals surface area contributed by atoms with Crippen LogP contribution in [-0.2, 0) is 0 Å². The Labute approximate surface area is 182 Å². The standard InChI is InChI=1S/C25H17FN6/c26-19-6-2-1-4-17(19)16-5-3-7-21-18(16)11-23(29-21)25-24-22(31-32-25)9-8-20(30-24)14-10-15(27)13-28-12-14/h1-13,29H,27H2,(H,31,32). The van der Waals surface area contributed by atoms with E-state index in [1.165, 1.54) is 6.07 Å². The lowest BCUT2D eigenvalue weighted by Crippen LogP contribution is -1.90. The van der Waals surface area contributed by atoms with E-state index in [0.717, 1.165) is 44.5 Å². The Morgan fingerprint density at radius 3 is 2.59 bits per heavy atom. The molecule has 4 aromatic heterocycles. The molecule has 0 unspecified atom stereocenters. The molecular formula is C25H17FN6. The number of H-pyrrole nitrogens is 2. The van der Waals surface area contributed by atoms with Crippen LogP contribution in [0.3, 0.4) is 0 Å². The van der Waals surface area contributed by atoms with Gasteiger partial charge in [0, 0.05) is 34.4 Å². The number of nitrogens with two attached hydrogens (primary N) is 1. The summed E-state index contributed by atoms with van der Waals surface area (Å²) in [5.41, 5.74) is 13.3. The van der Waals surface area contributed by atoms with E-state index < -0.39 is 0 Å². The second kappa shape index (κ2) is 7.02. The molecule has 0 saturated carbocycles. The molecule has 154 valence electrons. The predicted molar refractivity (Wildman–Crippen MR) is 124 cm³/mol. The summed E-state index contributed by atoms with van der Waals surface area (Å²) in [5, 5.41) is 8.46. The summed E-state index contributed by atoms with van der Waals surface area (Å²) in [5.74, 6) is -0.255. The molecule has 4 heterocycles. The Kier molecular flexibility index (Phi) is 4.01. The highest BCUT2D eigenvalue weighted by atomic mass is 19.1. The summed E-state index contributed by atoms with van der Waals surface area (Å²) < 4.78 is 14.5. The second-order valence-electron chi connectivity index (χ2n) is 7.60. The third kappa shape index (κ3) is 2.91. The maximum atomic E-state index is 14.5. The fourth-order valence-corrected chi connectivity index (χ4v) is 4.04. The van der Waals surface area contributed by atoms with Gasteiger partial charge in [0.25, 0.3) is 0 Å². The highest BCUT2D eigenvalue weighted by Crippen LogP contribution is 2.35. The molecule has 0 aliphatic rings. The largest absolute Gasteiger partial charge is 0.397 e. The maximum Gasteiger partial charge on any atom is 0.135 e. The van der Waals surface area contributed by atoms with E-state index in [1.807, 2.05) is 48.5 Å². The maximum absolute atomic E-state index is 14.5. The van der Waals surface area contributed by atoms with Crippen LogP contribution >= 0.6 is 0 Å². The van der Waals surface area contributed by atoms with Gasteiger partial charge in [-0.2, -0.15) is 5.10 Å². The molecule has 0 amide bonds. The van der Waals surface area contributed by atoms with Crippen LogP contribution in [0, 0.1) is 5.82 Å². The molecule has 2 aromatic carbocycles. The van der Waals surface area contributed by atoms with Gasteiger partial charge in [-0.3, -0.25) is 10.1 Å². The summed E-state index contributed by atoms with van der Waals surface area (Å²) in [4.78, 5) is 12.4. The fraction of sp³-hybridized carbons (Fsp3) is 0. The van der Waals surface area contributed by atoms with Gasteiger partial charge in [-0.05, 0) is 42.0 Å². The SMILES string of the molecule is Nc1cncc(-c2ccc3[nH]nc(-c4cc5c(-c6ccccc6F)cccc5[nH]4)c3n2)c1. The molecule has 6 aromatic rings. The van der Waals surface area contributed by atoms with Gasteiger partial charge in [0.15, 0.2) is 0 Å². The number of fused-ring (bicyclic) bond motifs is 2. The Morgan fingerprint density at radius 2 is 1.72 bits per heavy atom. The molecule has 0 aliphatic heterocycles. The first-order valence-electron chi connectivity index (χ1n) is 10.1. The first-order chi connectivity index (χ1) is 15.7. The van der Waals surface area contributed by atoms with E-state index in [-0.39, 0.29) is 5.82 Å². The van der Waals surface area contributed by atoms with Gasteiger partial charge in [0.05, 0.1) is 22.6 Å². The number of hydrogen-bond donors (Lipinski definition) is 3. The van der Waals surface area contributed by atoms with Crippen LogP contribution < -0.4 is 5.73 Å². The van der Waals surface area contributed by atoms with Gasteiger partial charge in [-0.1, -0.05) is 30.3 Å². The van der Waals surface area contributed by atoms with Gasteiger partial charge in [-0.15, -0.1) is 0 Å². The van der Waals surface area contributed by atoms with Gasteiger partial charge < -0.3 is 10.7 Å². The summed E-state index contributed by atoms with van der Waals surface area (Å²) >= 11 is 0. The number of pyridine rings is 2. The van der Waals surface area contributed by atoms with Crippen LogP contribution in [-0.4, -0.2) is 25.1 Å².